The predicted molar refractivity (Wildman–Crippen MR) is 74.2 cm³/mol. The monoisotopic (exact) mass is 278 g/mol. The molecule has 0 aromatic rings. The number of ether oxygens (including phenoxy) is 4. The van der Waals surface area contributed by atoms with E-state index in [-0.39, 0.29) is 12.7 Å². The van der Waals surface area contributed by atoms with Gasteiger partial charge in [-0.2, -0.15) is 0 Å². The Hall–Kier alpha value is -0.200. The summed E-state index contributed by atoms with van der Waals surface area (Å²) in [5, 5.41) is 9.90. The van der Waals surface area contributed by atoms with E-state index in [4.69, 9.17) is 18.9 Å². The van der Waals surface area contributed by atoms with Crippen molar-refractivity contribution in [2.45, 2.75) is 59.0 Å². The first-order valence-corrected chi connectivity index (χ1v) is 7.38. The number of aliphatic hydroxyl groups is 1. The molecule has 0 aliphatic carbocycles. The van der Waals surface area contributed by atoms with Crippen molar-refractivity contribution in [2.75, 3.05) is 33.0 Å². The van der Waals surface area contributed by atoms with Crippen LogP contribution in [0, 0.1) is 0 Å². The van der Waals surface area contributed by atoms with Gasteiger partial charge in [-0.25, -0.2) is 0 Å². The van der Waals surface area contributed by atoms with Gasteiger partial charge >= 0.3 is 0 Å². The smallest absolute Gasteiger partial charge is 0.185 e. The summed E-state index contributed by atoms with van der Waals surface area (Å²) in [6, 6.07) is 0. The molecule has 1 atom stereocenters. The third-order valence-corrected chi connectivity index (χ3v) is 2.65. The zero-order chi connectivity index (χ0) is 14.5. The molecule has 116 valence electrons. The van der Waals surface area contributed by atoms with Crippen LogP contribution in [-0.4, -0.2) is 56.6 Å². The molecule has 1 unspecified atom stereocenters. The minimum atomic E-state index is -0.738. The lowest BCUT2D eigenvalue weighted by molar-refractivity contribution is -0.206. The summed E-state index contributed by atoms with van der Waals surface area (Å²) in [6.07, 6.45) is 0.631. The number of hydrogen-bond acceptors (Lipinski definition) is 5. The minimum absolute atomic E-state index is 0.183. The molecule has 0 aromatic carbocycles. The van der Waals surface area contributed by atoms with Crippen LogP contribution in [-0.2, 0) is 18.9 Å². The Kier molecular flexibility index (Phi) is 12.7. The molecular weight excluding hydrogens is 248 g/mol. The van der Waals surface area contributed by atoms with E-state index in [0.717, 1.165) is 26.1 Å². The third-order valence-electron chi connectivity index (χ3n) is 2.65. The molecule has 19 heavy (non-hydrogen) atoms. The maximum Gasteiger partial charge on any atom is 0.185 e. The number of aliphatic hydroxyl groups excluding tert-OH is 1. The molecule has 5 nitrogen and oxygen atoms in total. The first-order valence-electron chi connectivity index (χ1n) is 7.38. The molecule has 0 radical (unpaired) electrons. The molecule has 0 aromatic heterocycles. The first-order chi connectivity index (χ1) is 9.27. The van der Waals surface area contributed by atoms with E-state index in [1.165, 1.54) is 0 Å². The Bertz CT molecular complexity index is 177. The Morgan fingerprint density at radius 3 is 2.11 bits per heavy atom. The Morgan fingerprint density at radius 1 is 1.11 bits per heavy atom. The quantitative estimate of drug-likeness (QED) is 0.688. The summed E-state index contributed by atoms with van der Waals surface area (Å²) >= 11 is 0. The minimum Gasteiger partial charge on any atom is -0.385 e. The van der Waals surface area contributed by atoms with Crippen molar-refractivity contribution in [1.82, 2.24) is 0 Å². The number of rotatable bonds is 8. The maximum absolute atomic E-state index is 9.90. The highest BCUT2D eigenvalue weighted by Gasteiger charge is 2.22. The lowest BCUT2D eigenvalue weighted by atomic mass is 10.1. The zero-order valence-corrected chi connectivity index (χ0v) is 12.8. The topological polar surface area (TPSA) is 57.2 Å². The van der Waals surface area contributed by atoms with Gasteiger partial charge in [0.25, 0.3) is 0 Å². The molecule has 1 fully saturated rings. The molecular formula is C14H30O5. The summed E-state index contributed by atoms with van der Waals surface area (Å²) in [7, 11) is 0. The Morgan fingerprint density at radius 2 is 1.63 bits per heavy atom. The van der Waals surface area contributed by atoms with Crippen LogP contribution < -0.4 is 0 Å². The third kappa shape index (κ3) is 8.55. The van der Waals surface area contributed by atoms with Crippen LogP contribution in [0.25, 0.3) is 0 Å². The molecule has 1 aliphatic rings. The van der Waals surface area contributed by atoms with Crippen molar-refractivity contribution in [1.29, 1.82) is 0 Å². The molecule has 1 N–H and O–H groups in total. The van der Waals surface area contributed by atoms with Crippen molar-refractivity contribution >= 4 is 0 Å². The molecule has 1 rings (SSSR count). The lowest BCUT2D eigenvalue weighted by Crippen LogP contribution is -2.37. The Labute approximate surface area is 117 Å². The van der Waals surface area contributed by atoms with Crippen LogP contribution >= 0.6 is 0 Å². The van der Waals surface area contributed by atoms with E-state index in [2.05, 4.69) is 0 Å². The fourth-order valence-electron chi connectivity index (χ4n) is 1.75. The van der Waals surface area contributed by atoms with Gasteiger partial charge in [0.05, 0.1) is 12.7 Å². The normalized spacial score (nSPS) is 18.0. The van der Waals surface area contributed by atoms with Crippen LogP contribution in [0.4, 0.5) is 0 Å². The van der Waals surface area contributed by atoms with Gasteiger partial charge in [0, 0.05) is 26.4 Å². The summed E-state index contributed by atoms with van der Waals surface area (Å²) in [4.78, 5) is 0. The van der Waals surface area contributed by atoms with Gasteiger partial charge < -0.3 is 24.1 Å². The van der Waals surface area contributed by atoms with Gasteiger partial charge in [-0.05, 0) is 26.7 Å². The van der Waals surface area contributed by atoms with Gasteiger partial charge in [-0.1, -0.05) is 13.8 Å². The highest BCUT2D eigenvalue weighted by Crippen LogP contribution is 2.12. The van der Waals surface area contributed by atoms with Gasteiger partial charge in [0.1, 0.15) is 6.10 Å². The van der Waals surface area contributed by atoms with Crippen molar-refractivity contribution in [3.63, 3.8) is 0 Å². The van der Waals surface area contributed by atoms with Crippen molar-refractivity contribution < 1.29 is 24.1 Å². The number of hydrogen-bond donors (Lipinski definition) is 1. The van der Waals surface area contributed by atoms with Crippen LogP contribution in [0.2, 0.25) is 0 Å². The lowest BCUT2D eigenvalue weighted by Gasteiger charge is -2.26. The highest BCUT2D eigenvalue weighted by atomic mass is 16.7. The van der Waals surface area contributed by atoms with Gasteiger partial charge in [0.2, 0.25) is 0 Å². The summed E-state index contributed by atoms with van der Waals surface area (Å²) < 4.78 is 21.5. The van der Waals surface area contributed by atoms with Crippen molar-refractivity contribution in [3.05, 3.63) is 0 Å². The van der Waals surface area contributed by atoms with Crippen LogP contribution in [0.3, 0.4) is 0 Å². The second-order valence-electron chi connectivity index (χ2n) is 3.99. The maximum atomic E-state index is 9.90. The summed E-state index contributed by atoms with van der Waals surface area (Å²) in [6.45, 7) is 10.5. The van der Waals surface area contributed by atoms with E-state index in [0.29, 0.717) is 13.2 Å². The SMILES string of the molecule is CC.CCOC(OCC)C(O)COC1CCOCC1. The fourth-order valence-corrected chi connectivity index (χ4v) is 1.75. The molecule has 1 saturated heterocycles. The molecule has 1 heterocycles. The van der Waals surface area contributed by atoms with Gasteiger partial charge in [-0.15, -0.1) is 0 Å². The van der Waals surface area contributed by atoms with Gasteiger partial charge in [0.15, 0.2) is 6.29 Å². The fraction of sp³-hybridized carbons (Fsp3) is 1.00. The van der Waals surface area contributed by atoms with E-state index in [9.17, 15) is 5.11 Å². The van der Waals surface area contributed by atoms with Crippen molar-refractivity contribution in [3.8, 4) is 0 Å². The van der Waals surface area contributed by atoms with Crippen LogP contribution in [0.5, 0.6) is 0 Å². The summed E-state index contributed by atoms with van der Waals surface area (Å²) in [5.74, 6) is 0. The molecule has 5 heteroatoms. The van der Waals surface area contributed by atoms with Gasteiger partial charge in [-0.3, -0.25) is 0 Å². The van der Waals surface area contributed by atoms with Crippen LogP contribution in [0.15, 0.2) is 0 Å². The van der Waals surface area contributed by atoms with Crippen molar-refractivity contribution in [2.24, 2.45) is 0 Å². The second kappa shape index (κ2) is 12.8. The molecule has 1 aliphatic heterocycles. The Balaban J connectivity index is 0.00000154. The average molecular weight is 278 g/mol. The molecule has 0 amide bonds. The largest absolute Gasteiger partial charge is 0.385 e. The molecule has 0 saturated carbocycles. The zero-order valence-electron chi connectivity index (χ0n) is 12.8. The summed E-state index contributed by atoms with van der Waals surface area (Å²) in [5.41, 5.74) is 0. The molecule has 0 bridgehead atoms. The standard InChI is InChI=1S/C12H24O5.C2H6/c1-3-15-12(16-4-2)11(13)9-17-10-5-7-14-8-6-10;1-2/h10-13H,3-9H2,1-2H3;1-2H3. The van der Waals surface area contributed by atoms with E-state index >= 15 is 0 Å². The second-order valence-corrected chi connectivity index (χ2v) is 3.99. The predicted octanol–water partition coefficient (Wildman–Crippen LogP) is 1.97. The van der Waals surface area contributed by atoms with E-state index in [1.807, 2.05) is 27.7 Å². The van der Waals surface area contributed by atoms with E-state index < -0.39 is 12.4 Å². The first kappa shape index (κ1) is 18.8. The highest BCUT2D eigenvalue weighted by molar-refractivity contribution is 4.65. The molecule has 0 spiro atoms. The average Bonchev–Trinajstić information content (AvgIpc) is 2.48. The van der Waals surface area contributed by atoms with Crippen LogP contribution in [0.1, 0.15) is 40.5 Å². The van der Waals surface area contributed by atoms with E-state index in [1.54, 1.807) is 0 Å².